The van der Waals surface area contributed by atoms with Crippen molar-refractivity contribution in [1.82, 2.24) is 4.90 Å². The summed E-state index contributed by atoms with van der Waals surface area (Å²) in [5.74, 6) is 0.925. The summed E-state index contributed by atoms with van der Waals surface area (Å²) in [6.07, 6.45) is 0.719. The lowest BCUT2D eigenvalue weighted by Gasteiger charge is -2.32. The van der Waals surface area contributed by atoms with Crippen LogP contribution in [0.15, 0.2) is 0 Å². The van der Waals surface area contributed by atoms with Gasteiger partial charge in [0.1, 0.15) is 0 Å². The number of thioether (sulfide) groups is 1. The lowest BCUT2D eigenvalue weighted by Crippen LogP contribution is -2.47. The van der Waals surface area contributed by atoms with Gasteiger partial charge in [0.2, 0.25) is 5.91 Å². The van der Waals surface area contributed by atoms with Gasteiger partial charge in [0.15, 0.2) is 0 Å². The zero-order valence-electron chi connectivity index (χ0n) is 6.34. The predicted octanol–water partition coefficient (Wildman–Crippen LogP) is 1.29. The number of rotatable bonds is 1. The molecule has 2 heterocycles. The van der Waals surface area contributed by atoms with Gasteiger partial charge < -0.3 is 4.90 Å². The first-order valence-corrected chi connectivity index (χ1v) is 5.09. The van der Waals surface area contributed by atoms with Crippen LogP contribution >= 0.6 is 23.4 Å². The fourth-order valence-corrected chi connectivity index (χ4v) is 3.27. The number of nitrogens with zero attached hydrogens (tertiary/aromatic N) is 1. The van der Waals surface area contributed by atoms with E-state index in [1.807, 2.05) is 16.7 Å². The Morgan fingerprint density at radius 1 is 1.91 bits per heavy atom. The van der Waals surface area contributed by atoms with E-state index in [1.165, 1.54) is 0 Å². The number of carbonyl (C=O) groups excluding carboxylic acids is 1. The Kier molecular flexibility index (Phi) is 1.62. The Labute approximate surface area is 75.3 Å². The van der Waals surface area contributed by atoms with Gasteiger partial charge >= 0.3 is 0 Å². The Balaban J connectivity index is 2.08. The van der Waals surface area contributed by atoms with Gasteiger partial charge in [-0.15, -0.1) is 23.4 Å². The van der Waals surface area contributed by atoms with E-state index in [9.17, 15) is 4.79 Å². The van der Waals surface area contributed by atoms with E-state index in [0.29, 0.717) is 11.3 Å². The van der Waals surface area contributed by atoms with Gasteiger partial charge in [0.25, 0.3) is 0 Å². The number of fused-ring (bicyclic) bond motifs is 1. The molecule has 0 radical (unpaired) electrons. The van der Waals surface area contributed by atoms with Crippen molar-refractivity contribution < 1.29 is 4.79 Å². The Morgan fingerprint density at radius 2 is 2.64 bits per heavy atom. The van der Waals surface area contributed by atoms with Gasteiger partial charge in [-0.3, -0.25) is 4.79 Å². The van der Waals surface area contributed by atoms with E-state index < -0.39 is 0 Å². The SMILES string of the molecule is C[C@]1(CCl)CN2C(=O)C[C@H]2S1. The highest BCUT2D eigenvalue weighted by Gasteiger charge is 2.49. The summed E-state index contributed by atoms with van der Waals surface area (Å²) in [7, 11) is 0. The molecule has 2 aliphatic heterocycles. The molecular formula is C7H10ClNOS. The first kappa shape index (κ1) is 7.74. The number of hydrogen-bond acceptors (Lipinski definition) is 2. The molecule has 2 nitrogen and oxygen atoms in total. The quantitative estimate of drug-likeness (QED) is 0.460. The van der Waals surface area contributed by atoms with Gasteiger partial charge in [-0.1, -0.05) is 0 Å². The third-order valence-corrected chi connectivity index (χ3v) is 4.51. The molecule has 0 N–H and O–H groups in total. The van der Waals surface area contributed by atoms with E-state index >= 15 is 0 Å². The topological polar surface area (TPSA) is 20.3 Å². The van der Waals surface area contributed by atoms with Crippen molar-refractivity contribution in [3.8, 4) is 0 Å². The molecule has 2 atom stereocenters. The minimum absolute atomic E-state index is 0.110. The lowest BCUT2D eigenvalue weighted by atomic mass is 10.1. The van der Waals surface area contributed by atoms with Gasteiger partial charge in [-0.2, -0.15) is 0 Å². The average Bonchev–Trinajstić information content (AvgIpc) is 2.25. The molecule has 0 aliphatic carbocycles. The first-order chi connectivity index (χ1) is 5.14. The minimum Gasteiger partial charge on any atom is -0.329 e. The van der Waals surface area contributed by atoms with Crippen molar-refractivity contribution >= 4 is 29.3 Å². The van der Waals surface area contributed by atoms with E-state index in [0.717, 1.165) is 13.0 Å². The smallest absolute Gasteiger partial charge is 0.226 e. The standard InChI is InChI=1S/C7H10ClNOS/c1-7(3-8)4-9-5(10)2-6(9)11-7/h6H,2-4H2,1H3/t6-,7+/m1/s1. The molecule has 0 aromatic carbocycles. The lowest BCUT2D eigenvalue weighted by molar-refractivity contribution is -0.140. The van der Waals surface area contributed by atoms with Crippen molar-refractivity contribution in [2.75, 3.05) is 12.4 Å². The van der Waals surface area contributed by atoms with Crippen molar-refractivity contribution in [2.45, 2.75) is 23.5 Å². The maximum atomic E-state index is 11.0. The molecule has 0 aromatic rings. The molecule has 2 aliphatic rings. The second-order valence-corrected chi connectivity index (χ2v) is 5.41. The predicted molar refractivity (Wildman–Crippen MR) is 46.8 cm³/mol. The van der Waals surface area contributed by atoms with Crippen LogP contribution in [0.5, 0.6) is 0 Å². The minimum atomic E-state index is 0.110. The molecule has 62 valence electrons. The summed E-state index contributed by atoms with van der Waals surface area (Å²) >= 11 is 7.64. The second kappa shape index (κ2) is 2.30. The molecule has 11 heavy (non-hydrogen) atoms. The number of alkyl halides is 1. The van der Waals surface area contributed by atoms with E-state index in [1.54, 1.807) is 0 Å². The molecule has 1 amide bonds. The molecule has 2 saturated heterocycles. The molecule has 0 aromatic heterocycles. The summed E-state index contributed by atoms with van der Waals surface area (Å²) in [4.78, 5) is 12.9. The van der Waals surface area contributed by atoms with Crippen LogP contribution in [0.3, 0.4) is 0 Å². The highest BCUT2D eigenvalue weighted by Crippen LogP contribution is 2.46. The van der Waals surface area contributed by atoms with E-state index in [2.05, 4.69) is 6.92 Å². The Bertz CT molecular complexity index is 211. The van der Waals surface area contributed by atoms with Crippen LogP contribution in [0.2, 0.25) is 0 Å². The molecule has 0 saturated carbocycles. The number of hydrogen-bond donors (Lipinski definition) is 0. The highest BCUT2D eigenvalue weighted by molar-refractivity contribution is 8.01. The highest BCUT2D eigenvalue weighted by atomic mass is 35.5. The van der Waals surface area contributed by atoms with E-state index in [4.69, 9.17) is 11.6 Å². The number of β-lactam (4-membered cyclic amide) rings is 1. The van der Waals surface area contributed by atoms with Crippen molar-refractivity contribution in [2.24, 2.45) is 0 Å². The largest absolute Gasteiger partial charge is 0.329 e. The number of amides is 1. The molecule has 0 spiro atoms. The third kappa shape index (κ3) is 1.05. The van der Waals surface area contributed by atoms with Crippen molar-refractivity contribution in [1.29, 1.82) is 0 Å². The molecule has 2 fully saturated rings. The van der Waals surface area contributed by atoms with Gasteiger partial charge in [0, 0.05) is 17.2 Å². The third-order valence-electron chi connectivity index (χ3n) is 2.23. The van der Waals surface area contributed by atoms with Gasteiger partial charge in [-0.25, -0.2) is 0 Å². The summed E-state index contributed by atoms with van der Waals surface area (Å²) in [5.41, 5.74) is 0. The molecule has 4 heteroatoms. The fourth-order valence-electron chi connectivity index (χ4n) is 1.52. The van der Waals surface area contributed by atoms with Crippen LogP contribution in [0.4, 0.5) is 0 Å². The zero-order valence-corrected chi connectivity index (χ0v) is 7.91. The van der Waals surface area contributed by atoms with Gasteiger partial charge in [-0.05, 0) is 6.92 Å². The fraction of sp³-hybridized carbons (Fsp3) is 0.857. The summed E-state index contributed by atoms with van der Waals surface area (Å²) in [6.45, 7) is 2.96. The Morgan fingerprint density at radius 3 is 3.09 bits per heavy atom. The maximum Gasteiger partial charge on any atom is 0.226 e. The summed E-state index contributed by atoms with van der Waals surface area (Å²) in [6, 6.07) is 0. The van der Waals surface area contributed by atoms with Crippen LogP contribution in [0.1, 0.15) is 13.3 Å². The zero-order chi connectivity index (χ0) is 8.06. The van der Waals surface area contributed by atoms with Crippen molar-refractivity contribution in [3.63, 3.8) is 0 Å². The van der Waals surface area contributed by atoms with Crippen LogP contribution in [0.25, 0.3) is 0 Å². The molecule has 2 rings (SSSR count). The van der Waals surface area contributed by atoms with E-state index in [-0.39, 0.29) is 10.7 Å². The van der Waals surface area contributed by atoms with Crippen LogP contribution in [-0.4, -0.2) is 33.4 Å². The van der Waals surface area contributed by atoms with Crippen molar-refractivity contribution in [3.05, 3.63) is 0 Å². The molecule has 0 bridgehead atoms. The molecule has 0 unspecified atom stereocenters. The van der Waals surface area contributed by atoms with Gasteiger partial charge in [0.05, 0.1) is 11.8 Å². The second-order valence-electron chi connectivity index (χ2n) is 3.38. The number of halogens is 1. The van der Waals surface area contributed by atoms with Crippen LogP contribution in [-0.2, 0) is 4.79 Å². The first-order valence-electron chi connectivity index (χ1n) is 3.68. The normalized spacial score (nSPS) is 42.2. The maximum absolute atomic E-state index is 11.0. The molecular weight excluding hydrogens is 182 g/mol. The van der Waals surface area contributed by atoms with Crippen LogP contribution in [0, 0.1) is 0 Å². The monoisotopic (exact) mass is 191 g/mol. The summed E-state index contributed by atoms with van der Waals surface area (Å²) < 4.78 is 0.110. The Hall–Kier alpha value is 0.110. The van der Waals surface area contributed by atoms with Crippen LogP contribution < -0.4 is 0 Å². The average molecular weight is 192 g/mol. The number of carbonyl (C=O) groups is 1. The summed E-state index contributed by atoms with van der Waals surface area (Å²) in [5, 5.41) is 0.436.